The summed E-state index contributed by atoms with van der Waals surface area (Å²) in [6.45, 7) is -0.528. The van der Waals surface area contributed by atoms with E-state index < -0.39 is 6.92 Å². The van der Waals surface area contributed by atoms with E-state index >= 15 is 0 Å². The van der Waals surface area contributed by atoms with Crippen LogP contribution in [-0.2, 0) is 0 Å². The van der Waals surface area contributed by atoms with E-state index in [1.807, 2.05) is 0 Å². The van der Waals surface area contributed by atoms with Gasteiger partial charge in [0.1, 0.15) is 0 Å². The Bertz CT molecular complexity index is 3790. The molecule has 11 aromatic rings. The van der Waals surface area contributed by atoms with E-state index in [1.54, 1.807) is 0 Å². The molecule has 0 atom stereocenters. The zero-order valence-corrected chi connectivity index (χ0v) is 42.0. The second-order valence-electron chi connectivity index (χ2n) is 19.0. The number of benzene rings is 11. The molecule has 0 unspecified atom stereocenters. The fourth-order valence-corrected chi connectivity index (χ4v) is 12.2. The maximum absolute atomic E-state index is 7.28. The van der Waals surface area contributed by atoms with Crippen molar-refractivity contribution in [3.8, 4) is 16.9 Å². The molecule has 74 heavy (non-hydrogen) atoms. The summed E-state index contributed by atoms with van der Waals surface area (Å²) >= 11 is 3.59. The molecule has 0 aromatic heterocycles. The molecule has 0 amide bonds. The third-order valence-electron chi connectivity index (χ3n) is 14.7. The van der Waals surface area contributed by atoms with Gasteiger partial charge in [-0.15, -0.1) is 0 Å². The third-order valence-corrected chi connectivity index (χ3v) is 15.5. The van der Waals surface area contributed by atoms with E-state index in [2.05, 4.69) is 309 Å². The SMILES string of the molecule is [Se]c1cc2c(cc1B1Oc3ccccc3-c3cc(N(c4ccccc4)c4ccccc4)ccc31)B1c3ccccc3N(c3ccccc3)c3cc(N(c4ccccc4)c4ccccc4)cc(c31)N2c1ccccc1. The summed E-state index contributed by atoms with van der Waals surface area (Å²) in [5, 5.41) is 0. The number of nitrogens with zero attached hydrogens (tertiary/aromatic N) is 4. The van der Waals surface area contributed by atoms with Gasteiger partial charge in [-0.3, -0.25) is 0 Å². The van der Waals surface area contributed by atoms with E-state index in [4.69, 9.17) is 4.65 Å². The van der Waals surface area contributed by atoms with E-state index in [9.17, 15) is 0 Å². The van der Waals surface area contributed by atoms with E-state index in [0.717, 1.165) is 101 Å². The molecule has 0 N–H and O–H groups in total. The maximum atomic E-state index is 7.28. The van der Waals surface area contributed by atoms with Crippen molar-refractivity contribution in [2.45, 2.75) is 0 Å². The first kappa shape index (κ1) is 43.8. The predicted octanol–water partition coefficient (Wildman–Crippen LogP) is 12.7. The van der Waals surface area contributed by atoms with Gasteiger partial charge in [-0.2, -0.15) is 0 Å². The molecule has 3 aliphatic rings. The van der Waals surface area contributed by atoms with Gasteiger partial charge in [0.15, 0.2) is 0 Å². The van der Waals surface area contributed by atoms with Crippen LogP contribution in [0, 0.1) is 0 Å². The summed E-state index contributed by atoms with van der Waals surface area (Å²) < 4.78 is 8.31. The van der Waals surface area contributed by atoms with Crippen molar-refractivity contribution in [2.75, 3.05) is 19.6 Å². The Labute approximate surface area is 441 Å². The average Bonchev–Trinajstić information content (AvgIpc) is 3.55. The van der Waals surface area contributed by atoms with Gasteiger partial charge in [0.2, 0.25) is 0 Å². The first-order valence-corrected chi connectivity index (χ1v) is 26.0. The number of fused-ring (bicyclic) bond motifs is 7. The van der Waals surface area contributed by atoms with Crippen molar-refractivity contribution in [3.63, 3.8) is 0 Å². The molecule has 0 fully saturated rings. The van der Waals surface area contributed by atoms with Crippen molar-refractivity contribution >= 4 is 130 Å². The van der Waals surface area contributed by atoms with E-state index in [1.165, 1.54) is 16.4 Å². The van der Waals surface area contributed by atoms with Crippen LogP contribution >= 0.6 is 0 Å². The van der Waals surface area contributed by atoms with Gasteiger partial charge in [0.05, 0.1) is 0 Å². The van der Waals surface area contributed by atoms with Crippen LogP contribution in [0.3, 0.4) is 0 Å². The fraction of sp³-hybridized carbons (Fsp3) is 0. The Hall–Kier alpha value is -8.93. The van der Waals surface area contributed by atoms with Gasteiger partial charge in [0.25, 0.3) is 0 Å². The number of rotatable bonds is 9. The zero-order chi connectivity index (χ0) is 49.1. The van der Waals surface area contributed by atoms with Gasteiger partial charge in [0, 0.05) is 0 Å². The van der Waals surface area contributed by atoms with Gasteiger partial charge >= 0.3 is 444 Å². The Morgan fingerprint density at radius 3 is 1.36 bits per heavy atom. The van der Waals surface area contributed by atoms with Crippen molar-refractivity contribution in [1.82, 2.24) is 0 Å². The Balaban J connectivity index is 1.01. The van der Waals surface area contributed by atoms with Crippen LogP contribution in [0.5, 0.6) is 5.75 Å². The summed E-state index contributed by atoms with van der Waals surface area (Å²) in [6.07, 6.45) is 0. The van der Waals surface area contributed by atoms with Crippen molar-refractivity contribution in [2.24, 2.45) is 0 Å². The Kier molecular flexibility index (Phi) is 10.8. The molecule has 0 spiro atoms. The summed E-state index contributed by atoms with van der Waals surface area (Å²) in [7, 11) is 0. The summed E-state index contributed by atoms with van der Waals surface area (Å²) in [5.41, 5.74) is 21.3. The average molecular weight is 1010 g/mol. The minimum atomic E-state index is -0.407. The second kappa shape index (κ2) is 18.3. The first-order valence-electron chi connectivity index (χ1n) is 25.2. The van der Waals surface area contributed by atoms with Crippen LogP contribution in [0.25, 0.3) is 11.1 Å². The van der Waals surface area contributed by atoms with Crippen LogP contribution < -0.4 is 56.0 Å². The van der Waals surface area contributed by atoms with E-state index in [-0.39, 0.29) is 6.71 Å². The molecule has 3 aliphatic heterocycles. The van der Waals surface area contributed by atoms with Gasteiger partial charge in [-0.1, -0.05) is 0 Å². The quantitative estimate of drug-likeness (QED) is 0.134. The van der Waals surface area contributed by atoms with Crippen molar-refractivity contribution < 1.29 is 4.65 Å². The Morgan fingerprint density at radius 1 is 0.324 bits per heavy atom. The summed E-state index contributed by atoms with van der Waals surface area (Å²) in [5.74, 6) is 0.860. The molecule has 0 saturated carbocycles. The predicted molar refractivity (Wildman–Crippen MR) is 313 cm³/mol. The first-order chi connectivity index (χ1) is 36.7. The molecule has 5 nitrogen and oxygen atoms in total. The normalized spacial score (nSPS) is 12.6. The monoisotopic (exact) mass is 1010 g/mol. The van der Waals surface area contributed by atoms with Crippen LogP contribution in [0.1, 0.15) is 0 Å². The molecule has 347 valence electrons. The summed E-state index contributed by atoms with van der Waals surface area (Å²) in [4.78, 5) is 9.68. The molecule has 0 saturated heterocycles. The topological polar surface area (TPSA) is 22.2 Å². The number of anilines is 12. The molecule has 3 heterocycles. The minimum absolute atomic E-state index is 0.121. The standard InChI is InChI=1S/C66H45B2N4OSe/c74-65-45-61-58(44-59(65)68-56-40-39-52(41-55(56)54-35-19-22-38-64(54)73-68)69(46-23-7-1-8-24-46)47-25-9-2-10-26-47)67-57-36-20-21-37-60(57)71(50-31-15-5-16-32-50)62-42-53(43-63(66(62)67)72(61)51-33-17-6-18-34-51)70(48-27-11-3-12-28-48)49-29-13-4-14-30-49/h1-45H. The number of hydrogen-bond donors (Lipinski definition) is 0. The zero-order valence-electron chi connectivity index (χ0n) is 40.2. The van der Waals surface area contributed by atoms with Gasteiger partial charge < -0.3 is 0 Å². The van der Waals surface area contributed by atoms with E-state index in [0.29, 0.717) is 0 Å². The summed E-state index contributed by atoms with van der Waals surface area (Å²) in [6, 6.07) is 98.4. The molecular weight excluding hydrogens is 965 g/mol. The number of hydrogen-bond acceptors (Lipinski definition) is 5. The molecule has 8 heteroatoms. The van der Waals surface area contributed by atoms with Crippen LogP contribution in [0.2, 0.25) is 0 Å². The molecule has 1 radical (unpaired) electrons. The second-order valence-corrected chi connectivity index (χ2v) is 19.9. The van der Waals surface area contributed by atoms with Crippen molar-refractivity contribution in [3.05, 3.63) is 273 Å². The molecule has 11 aromatic carbocycles. The van der Waals surface area contributed by atoms with Crippen LogP contribution in [-0.4, -0.2) is 29.6 Å². The Morgan fingerprint density at radius 2 is 0.797 bits per heavy atom. The van der Waals surface area contributed by atoms with Crippen LogP contribution in [0.15, 0.2) is 273 Å². The fourth-order valence-electron chi connectivity index (χ4n) is 11.6. The third kappa shape index (κ3) is 7.33. The van der Waals surface area contributed by atoms with Gasteiger partial charge in [-0.25, -0.2) is 0 Å². The van der Waals surface area contributed by atoms with Gasteiger partial charge in [-0.05, 0) is 0 Å². The van der Waals surface area contributed by atoms with Crippen LogP contribution in [0.4, 0.5) is 68.2 Å². The molecular formula is C66H45B2N4OSe. The molecule has 0 bridgehead atoms. The number of para-hydroxylation sites is 8. The molecule has 14 rings (SSSR count). The van der Waals surface area contributed by atoms with Crippen molar-refractivity contribution in [1.29, 1.82) is 0 Å². The molecule has 0 aliphatic carbocycles.